The Labute approximate surface area is 128 Å². The van der Waals surface area contributed by atoms with Gasteiger partial charge >= 0.3 is 0 Å². The molecule has 1 aromatic rings. The van der Waals surface area contributed by atoms with Gasteiger partial charge in [-0.1, -0.05) is 28.1 Å². The topological polar surface area (TPSA) is 32.3 Å². The van der Waals surface area contributed by atoms with E-state index >= 15 is 0 Å². The van der Waals surface area contributed by atoms with Crippen molar-refractivity contribution in [2.24, 2.45) is 5.92 Å². The molecule has 1 aromatic carbocycles. The molecule has 108 valence electrons. The molecule has 1 amide bonds. The minimum absolute atomic E-state index is 0.208. The molecule has 1 heterocycles. The second-order valence-corrected chi connectivity index (χ2v) is 6.83. The molecular weight excluding hydrogens is 316 g/mol. The van der Waals surface area contributed by atoms with Crippen LogP contribution in [0.25, 0.3) is 0 Å². The second-order valence-electron chi connectivity index (χ2n) is 5.92. The van der Waals surface area contributed by atoms with Gasteiger partial charge in [-0.2, -0.15) is 0 Å². The van der Waals surface area contributed by atoms with E-state index in [1.165, 1.54) is 12.0 Å². The van der Waals surface area contributed by atoms with Crippen LogP contribution in [-0.4, -0.2) is 37.0 Å². The van der Waals surface area contributed by atoms with Gasteiger partial charge in [0.05, 0.1) is 0 Å². The van der Waals surface area contributed by atoms with Crippen molar-refractivity contribution in [3.8, 4) is 0 Å². The fourth-order valence-corrected chi connectivity index (χ4v) is 3.64. The van der Waals surface area contributed by atoms with Crippen molar-refractivity contribution in [1.82, 2.24) is 10.2 Å². The van der Waals surface area contributed by atoms with Crippen molar-refractivity contribution in [3.63, 3.8) is 0 Å². The third kappa shape index (κ3) is 2.91. The lowest BCUT2D eigenvalue weighted by Crippen LogP contribution is -2.47. The summed E-state index contributed by atoms with van der Waals surface area (Å²) in [5.74, 6) is 0.991. The van der Waals surface area contributed by atoms with Gasteiger partial charge in [-0.3, -0.25) is 4.79 Å². The Morgan fingerprint density at radius 2 is 2.30 bits per heavy atom. The Morgan fingerprint density at radius 1 is 1.45 bits per heavy atom. The largest absolute Gasteiger partial charge is 0.341 e. The number of likely N-dealkylation sites (tertiary alicyclic amines) is 1. The molecule has 20 heavy (non-hydrogen) atoms. The molecule has 1 N–H and O–H groups in total. The molecule has 1 saturated heterocycles. The van der Waals surface area contributed by atoms with Gasteiger partial charge in [0.25, 0.3) is 0 Å². The number of benzene rings is 1. The number of likely N-dealkylation sites (N-methyl/N-ethyl adjacent to an activating group) is 1. The number of amides is 1. The molecule has 4 heteroatoms. The number of hydrogen-bond donors (Lipinski definition) is 1. The van der Waals surface area contributed by atoms with Gasteiger partial charge in [-0.25, -0.2) is 0 Å². The zero-order valence-corrected chi connectivity index (χ0v) is 13.4. The molecule has 3 rings (SSSR count). The van der Waals surface area contributed by atoms with Crippen LogP contribution in [0.4, 0.5) is 0 Å². The maximum absolute atomic E-state index is 12.6. The Kier molecular flexibility index (Phi) is 4.13. The maximum atomic E-state index is 12.6. The van der Waals surface area contributed by atoms with E-state index in [1.807, 2.05) is 13.1 Å². The molecule has 1 saturated carbocycles. The normalized spacial score (nSPS) is 29.3. The summed E-state index contributed by atoms with van der Waals surface area (Å²) >= 11 is 3.51. The quantitative estimate of drug-likeness (QED) is 0.920. The van der Waals surface area contributed by atoms with Crippen molar-refractivity contribution in [2.45, 2.75) is 31.2 Å². The van der Waals surface area contributed by atoms with Crippen molar-refractivity contribution in [3.05, 3.63) is 34.3 Å². The first-order valence-electron chi connectivity index (χ1n) is 7.40. The van der Waals surface area contributed by atoms with Crippen molar-refractivity contribution in [1.29, 1.82) is 0 Å². The second kappa shape index (κ2) is 5.86. The van der Waals surface area contributed by atoms with Crippen molar-refractivity contribution < 1.29 is 4.79 Å². The van der Waals surface area contributed by atoms with Gasteiger partial charge in [-0.05, 0) is 49.9 Å². The molecule has 0 radical (unpaired) electrons. The first kappa shape index (κ1) is 14.1. The summed E-state index contributed by atoms with van der Waals surface area (Å²) < 4.78 is 1.10. The molecule has 2 aliphatic rings. The minimum atomic E-state index is 0.208. The van der Waals surface area contributed by atoms with Gasteiger partial charge in [-0.15, -0.1) is 0 Å². The number of carbonyl (C=O) groups is 1. The molecule has 0 spiro atoms. The van der Waals surface area contributed by atoms with Crippen LogP contribution >= 0.6 is 15.9 Å². The summed E-state index contributed by atoms with van der Waals surface area (Å²) in [6.07, 6.45) is 3.31. The summed E-state index contributed by atoms with van der Waals surface area (Å²) in [4.78, 5) is 14.6. The highest BCUT2D eigenvalue weighted by atomic mass is 79.9. The fraction of sp³-hybridized carbons (Fsp3) is 0.562. The molecule has 0 aromatic heterocycles. The number of hydrogen-bond acceptors (Lipinski definition) is 2. The third-order valence-electron chi connectivity index (χ3n) is 4.53. The standard InChI is InChI=1S/C16H21BrN2O/c1-18-13-6-3-7-19(10-13)16(20)15-9-14(15)11-4-2-5-12(17)8-11/h2,4-5,8,13-15,18H,3,6-7,9-10H2,1H3. The molecule has 0 bridgehead atoms. The van der Waals surface area contributed by atoms with Crippen LogP contribution in [0.15, 0.2) is 28.7 Å². The number of nitrogens with zero attached hydrogens (tertiary/aromatic N) is 1. The summed E-state index contributed by atoms with van der Waals surface area (Å²) in [6.45, 7) is 1.80. The maximum Gasteiger partial charge on any atom is 0.226 e. The molecule has 2 fully saturated rings. The van der Waals surface area contributed by atoms with Gasteiger partial charge in [0.2, 0.25) is 5.91 Å². The van der Waals surface area contributed by atoms with Crippen LogP contribution in [0.2, 0.25) is 0 Å². The molecule has 3 unspecified atom stereocenters. The van der Waals surface area contributed by atoms with E-state index < -0.39 is 0 Å². The third-order valence-corrected chi connectivity index (χ3v) is 5.02. The van der Waals surface area contributed by atoms with E-state index in [9.17, 15) is 4.79 Å². The van der Waals surface area contributed by atoms with E-state index in [0.717, 1.165) is 30.4 Å². The van der Waals surface area contributed by atoms with Gasteiger partial charge in [0.15, 0.2) is 0 Å². The van der Waals surface area contributed by atoms with Gasteiger partial charge in [0.1, 0.15) is 0 Å². The van der Waals surface area contributed by atoms with Crippen LogP contribution in [0.1, 0.15) is 30.7 Å². The van der Waals surface area contributed by atoms with Crippen molar-refractivity contribution in [2.75, 3.05) is 20.1 Å². The molecule has 3 atom stereocenters. The molecular formula is C16H21BrN2O. The lowest BCUT2D eigenvalue weighted by molar-refractivity contribution is -0.134. The Bertz CT molecular complexity index is 505. The lowest BCUT2D eigenvalue weighted by Gasteiger charge is -2.32. The highest BCUT2D eigenvalue weighted by Crippen LogP contribution is 2.49. The number of halogens is 1. The monoisotopic (exact) mass is 336 g/mol. The molecule has 1 aliphatic heterocycles. The van der Waals surface area contributed by atoms with Gasteiger partial charge in [0, 0.05) is 29.5 Å². The average molecular weight is 337 g/mol. The summed E-state index contributed by atoms with van der Waals surface area (Å²) in [5, 5.41) is 3.30. The predicted octanol–water partition coefficient (Wildman–Crippen LogP) is 2.76. The fourth-order valence-electron chi connectivity index (χ4n) is 3.22. The molecule has 3 nitrogen and oxygen atoms in total. The number of carbonyl (C=O) groups excluding carboxylic acids is 1. The zero-order valence-electron chi connectivity index (χ0n) is 11.8. The highest BCUT2D eigenvalue weighted by Gasteiger charge is 2.46. The van der Waals surface area contributed by atoms with Crippen LogP contribution in [0.3, 0.4) is 0 Å². The number of piperidine rings is 1. The Balaban J connectivity index is 1.62. The van der Waals surface area contributed by atoms with E-state index in [4.69, 9.17) is 0 Å². The average Bonchev–Trinajstić information content (AvgIpc) is 3.27. The Hall–Kier alpha value is -0.870. The zero-order chi connectivity index (χ0) is 14.1. The van der Waals surface area contributed by atoms with Crippen LogP contribution in [0, 0.1) is 5.92 Å². The summed E-state index contributed by atoms with van der Waals surface area (Å²) in [6, 6.07) is 8.83. The van der Waals surface area contributed by atoms with Crippen LogP contribution in [-0.2, 0) is 4.79 Å². The van der Waals surface area contributed by atoms with E-state index in [1.54, 1.807) is 0 Å². The lowest BCUT2D eigenvalue weighted by atomic mass is 10.0. The summed E-state index contributed by atoms with van der Waals surface area (Å²) in [7, 11) is 1.99. The summed E-state index contributed by atoms with van der Waals surface area (Å²) in [5.41, 5.74) is 1.29. The SMILES string of the molecule is CNC1CCCN(C(=O)C2CC2c2cccc(Br)c2)C1. The molecule has 1 aliphatic carbocycles. The first-order valence-corrected chi connectivity index (χ1v) is 8.20. The minimum Gasteiger partial charge on any atom is -0.341 e. The van der Waals surface area contributed by atoms with E-state index in [2.05, 4.69) is 44.3 Å². The first-order chi connectivity index (χ1) is 9.69. The highest BCUT2D eigenvalue weighted by molar-refractivity contribution is 9.10. The van der Waals surface area contributed by atoms with E-state index in [-0.39, 0.29) is 5.92 Å². The van der Waals surface area contributed by atoms with Crippen LogP contribution in [0.5, 0.6) is 0 Å². The van der Waals surface area contributed by atoms with Crippen molar-refractivity contribution >= 4 is 21.8 Å². The van der Waals surface area contributed by atoms with E-state index in [0.29, 0.717) is 17.9 Å². The Morgan fingerprint density at radius 3 is 3.05 bits per heavy atom. The van der Waals surface area contributed by atoms with Crippen LogP contribution < -0.4 is 5.32 Å². The predicted molar refractivity (Wildman–Crippen MR) is 83.7 cm³/mol. The number of nitrogens with one attached hydrogen (secondary N) is 1. The van der Waals surface area contributed by atoms with Gasteiger partial charge < -0.3 is 10.2 Å². The number of rotatable bonds is 3. The smallest absolute Gasteiger partial charge is 0.226 e.